The number of benzene rings is 1. The highest BCUT2D eigenvalue weighted by Gasteiger charge is 2.09. The van der Waals surface area contributed by atoms with E-state index < -0.39 is 0 Å². The van der Waals surface area contributed by atoms with Crippen LogP contribution in [0.5, 0.6) is 11.5 Å². The first-order chi connectivity index (χ1) is 9.54. The number of hydrogen-bond donors (Lipinski definition) is 0. The Balaban J connectivity index is 2.57. The normalized spacial score (nSPS) is 9.80. The molecule has 6 heteroatoms. The summed E-state index contributed by atoms with van der Waals surface area (Å²) in [6.45, 7) is 8.60. The third kappa shape index (κ3) is 5.96. The third-order valence-corrected chi connectivity index (χ3v) is 3.19. The molecule has 1 aromatic rings. The molecule has 0 N–H and O–H groups in total. The summed E-state index contributed by atoms with van der Waals surface area (Å²) in [5.74, 6) is 1.44. The fourth-order valence-corrected chi connectivity index (χ4v) is 2.64. The van der Waals surface area contributed by atoms with Gasteiger partial charge < -0.3 is 14.3 Å². The van der Waals surface area contributed by atoms with E-state index in [-0.39, 0.29) is 0 Å². The average molecular weight is 407 g/mol. The topological polar surface area (TPSA) is 40.0 Å². The van der Waals surface area contributed by atoms with Crippen LogP contribution in [0.25, 0.3) is 0 Å². The summed E-state index contributed by atoms with van der Waals surface area (Å²) >= 11 is 6.91. The van der Waals surface area contributed by atoms with Gasteiger partial charge in [0.1, 0.15) is 24.7 Å². The van der Waals surface area contributed by atoms with Crippen LogP contribution in [-0.2, 0) is 4.84 Å². The number of rotatable bonds is 8. The van der Waals surface area contributed by atoms with Crippen LogP contribution in [0.4, 0.5) is 0 Å². The highest BCUT2D eigenvalue weighted by atomic mass is 79.9. The molecule has 0 atom stereocenters. The van der Waals surface area contributed by atoms with E-state index in [4.69, 9.17) is 14.3 Å². The maximum atomic E-state index is 5.65. The molecule has 0 aromatic heterocycles. The minimum Gasteiger partial charge on any atom is -0.489 e. The first kappa shape index (κ1) is 17.0. The lowest BCUT2D eigenvalue weighted by Crippen LogP contribution is -2.06. The van der Waals surface area contributed by atoms with Crippen molar-refractivity contribution in [1.29, 1.82) is 0 Å². The van der Waals surface area contributed by atoms with Crippen molar-refractivity contribution in [3.05, 3.63) is 33.7 Å². The largest absolute Gasteiger partial charge is 0.489 e. The molecule has 0 aliphatic rings. The van der Waals surface area contributed by atoms with Crippen molar-refractivity contribution in [2.75, 3.05) is 19.8 Å². The van der Waals surface area contributed by atoms with Gasteiger partial charge in [0.2, 0.25) is 0 Å². The molecule has 1 rings (SSSR count). The molecule has 110 valence electrons. The number of halogens is 2. The zero-order valence-corrected chi connectivity index (χ0v) is 14.7. The summed E-state index contributed by atoms with van der Waals surface area (Å²) < 4.78 is 12.7. The predicted octanol–water partition coefficient (Wildman–Crippen LogP) is 4.57. The SMILES string of the molecule is C=CCOc1cc(Br)c(OCCON=C(C)C)c(Br)c1. The van der Waals surface area contributed by atoms with Crippen molar-refractivity contribution in [3.8, 4) is 11.5 Å². The highest BCUT2D eigenvalue weighted by molar-refractivity contribution is 9.11. The van der Waals surface area contributed by atoms with Crippen molar-refractivity contribution in [1.82, 2.24) is 0 Å². The van der Waals surface area contributed by atoms with Crippen LogP contribution in [-0.4, -0.2) is 25.5 Å². The minimum absolute atomic E-state index is 0.388. The molecule has 4 nitrogen and oxygen atoms in total. The molecule has 0 fully saturated rings. The van der Waals surface area contributed by atoms with Crippen molar-refractivity contribution < 1.29 is 14.3 Å². The number of nitrogens with zero attached hydrogens (tertiary/aromatic N) is 1. The summed E-state index contributed by atoms with van der Waals surface area (Å²) in [5.41, 5.74) is 0.871. The highest BCUT2D eigenvalue weighted by Crippen LogP contribution is 2.37. The summed E-state index contributed by atoms with van der Waals surface area (Å²) in [6.07, 6.45) is 1.69. The van der Waals surface area contributed by atoms with Gasteiger partial charge in [-0.25, -0.2) is 0 Å². The van der Waals surface area contributed by atoms with Gasteiger partial charge in [-0.15, -0.1) is 0 Å². The van der Waals surface area contributed by atoms with E-state index >= 15 is 0 Å². The van der Waals surface area contributed by atoms with Crippen LogP contribution in [0.3, 0.4) is 0 Å². The van der Waals surface area contributed by atoms with Crippen LogP contribution < -0.4 is 9.47 Å². The van der Waals surface area contributed by atoms with Gasteiger partial charge in [0.05, 0.1) is 14.7 Å². The summed E-state index contributed by atoms with van der Waals surface area (Å²) in [7, 11) is 0. The van der Waals surface area contributed by atoms with Crippen molar-refractivity contribution in [3.63, 3.8) is 0 Å². The average Bonchev–Trinajstić information content (AvgIpc) is 2.38. The molecule has 0 amide bonds. The number of hydrogen-bond acceptors (Lipinski definition) is 4. The Labute approximate surface area is 136 Å². The minimum atomic E-state index is 0.388. The molecule has 0 unspecified atom stereocenters. The van der Waals surface area contributed by atoms with Crippen molar-refractivity contribution in [2.24, 2.45) is 5.16 Å². The second-order valence-electron chi connectivity index (χ2n) is 4.04. The Morgan fingerprint density at radius 3 is 2.40 bits per heavy atom. The van der Waals surface area contributed by atoms with Crippen LogP contribution in [0.2, 0.25) is 0 Å². The third-order valence-electron chi connectivity index (χ3n) is 2.01. The van der Waals surface area contributed by atoms with Crippen LogP contribution in [0.15, 0.2) is 38.9 Å². The molecule has 0 heterocycles. The zero-order chi connectivity index (χ0) is 15.0. The fraction of sp³-hybridized carbons (Fsp3) is 0.357. The second kappa shape index (κ2) is 9.02. The molecule has 0 aliphatic heterocycles. The first-order valence-electron chi connectivity index (χ1n) is 6.03. The summed E-state index contributed by atoms with van der Waals surface area (Å²) in [6, 6.07) is 3.69. The lowest BCUT2D eigenvalue weighted by molar-refractivity contribution is 0.106. The predicted molar refractivity (Wildman–Crippen MR) is 87.8 cm³/mol. The molecule has 0 radical (unpaired) electrons. The van der Waals surface area contributed by atoms with E-state index in [2.05, 4.69) is 43.6 Å². The van der Waals surface area contributed by atoms with Gasteiger partial charge in [-0.05, 0) is 57.8 Å². The Kier molecular flexibility index (Phi) is 7.69. The molecular weight excluding hydrogens is 390 g/mol. The van der Waals surface area contributed by atoms with E-state index in [1.54, 1.807) is 6.08 Å². The summed E-state index contributed by atoms with van der Waals surface area (Å²) in [5, 5.41) is 3.83. The molecule has 0 bridgehead atoms. The molecule has 0 saturated carbocycles. The van der Waals surface area contributed by atoms with Crippen LogP contribution in [0, 0.1) is 0 Å². The van der Waals surface area contributed by atoms with E-state index in [0.29, 0.717) is 25.6 Å². The molecule has 0 saturated heterocycles. The monoisotopic (exact) mass is 405 g/mol. The van der Waals surface area contributed by atoms with Gasteiger partial charge in [-0.2, -0.15) is 0 Å². The van der Waals surface area contributed by atoms with Crippen molar-refractivity contribution >= 4 is 37.6 Å². The van der Waals surface area contributed by atoms with Gasteiger partial charge in [0.25, 0.3) is 0 Å². The molecule has 1 aromatic carbocycles. The Morgan fingerprint density at radius 1 is 1.20 bits per heavy atom. The van der Waals surface area contributed by atoms with E-state index in [9.17, 15) is 0 Å². The molecule has 0 aliphatic carbocycles. The van der Waals surface area contributed by atoms with Crippen molar-refractivity contribution in [2.45, 2.75) is 13.8 Å². The van der Waals surface area contributed by atoms with E-state index in [0.717, 1.165) is 20.4 Å². The smallest absolute Gasteiger partial charge is 0.151 e. The standard InChI is InChI=1S/C14H17Br2NO3/c1-4-5-18-11-8-12(15)14(13(16)9-11)19-6-7-20-17-10(2)3/h4,8-9H,1,5-7H2,2-3H3. The lowest BCUT2D eigenvalue weighted by atomic mass is 10.3. The van der Waals surface area contributed by atoms with E-state index in [1.165, 1.54) is 0 Å². The summed E-state index contributed by atoms with van der Waals surface area (Å²) in [4.78, 5) is 5.07. The lowest BCUT2D eigenvalue weighted by Gasteiger charge is -2.12. The zero-order valence-electron chi connectivity index (χ0n) is 11.5. The quantitative estimate of drug-likeness (QED) is 0.275. The second-order valence-corrected chi connectivity index (χ2v) is 5.74. The Bertz CT molecular complexity index is 462. The van der Waals surface area contributed by atoms with Gasteiger partial charge in [0.15, 0.2) is 6.61 Å². The van der Waals surface area contributed by atoms with Crippen LogP contribution in [0.1, 0.15) is 13.8 Å². The Morgan fingerprint density at radius 2 is 1.85 bits per heavy atom. The molecular formula is C14H17Br2NO3. The Hall–Kier alpha value is -1.01. The van der Waals surface area contributed by atoms with E-state index in [1.807, 2.05) is 26.0 Å². The maximum absolute atomic E-state index is 5.65. The molecule has 20 heavy (non-hydrogen) atoms. The van der Waals surface area contributed by atoms with Gasteiger partial charge in [0, 0.05) is 0 Å². The van der Waals surface area contributed by atoms with Gasteiger partial charge in [-0.1, -0.05) is 17.8 Å². The van der Waals surface area contributed by atoms with Crippen LogP contribution >= 0.6 is 31.9 Å². The first-order valence-corrected chi connectivity index (χ1v) is 7.62. The number of ether oxygens (including phenoxy) is 2. The maximum Gasteiger partial charge on any atom is 0.151 e. The fourth-order valence-electron chi connectivity index (χ4n) is 1.27. The van der Waals surface area contributed by atoms with Gasteiger partial charge in [-0.3, -0.25) is 0 Å². The van der Waals surface area contributed by atoms with Gasteiger partial charge >= 0.3 is 0 Å². The number of oxime groups is 1. The molecule has 0 spiro atoms.